The smallest absolute Gasteiger partial charge is 0.352 e. The van der Waals surface area contributed by atoms with Crippen molar-refractivity contribution in [1.82, 2.24) is 20.1 Å². The standard InChI is InChI=1S/C32H34ClN7O12S2/c1-13-16(11-40-5-2-3-15(40)10-38(4-6-40)27(46)14-7-17(33)25(44)19(41)8-14)24(31(50)51)39-28(47)23(29(39)54-13)36-26(45)22(18-12-53-32(34)35-18)37-52-20(30(48)49)9-21(42)43/h7-8,12-13,15,20,23,29H,2-6,9-11H2,1H3,(H7-,34,35,36,37,41,42,43,44,45,46,48,49,50,51)/p+1/t13-,15-,20-,23+,29+,40?/m0/s1. The number of carboxylic acid groups (broad SMARTS) is 3. The first-order valence-electron chi connectivity index (χ1n) is 16.5. The van der Waals surface area contributed by atoms with E-state index in [1.54, 1.807) is 4.90 Å². The molecule has 288 valence electrons. The van der Waals surface area contributed by atoms with Gasteiger partial charge < -0.3 is 50.8 Å². The van der Waals surface area contributed by atoms with Crippen LogP contribution in [0, 0.1) is 0 Å². The number of oxime groups is 1. The molecule has 6 atom stereocenters. The average Bonchev–Trinajstić information content (AvgIpc) is 3.74. The number of nitrogens with two attached hydrogens (primary N) is 1. The summed E-state index contributed by atoms with van der Waals surface area (Å²) in [6, 6.07) is 1.18. The second-order valence-corrected chi connectivity index (χ2v) is 16.0. The summed E-state index contributed by atoms with van der Waals surface area (Å²) in [6.45, 7) is 4.03. The quantitative estimate of drug-likeness (QED) is 0.0511. The van der Waals surface area contributed by atoms with E-state index in [1.807, 2.05) is 6.92 Å². The fourth-order valence-electron chi connectivity index (χ4n) is 7.34. The first-order chi connectivity index (χ1) is 25.5. The van der Waals surface area contributed by atoms with Crippen molar-refractivity contribution >= 4 is 81.2 Å². The summed E-state index contributed by atoms with van der Waals surface area (Å²) in [4.78, 5) is 87.7. The monoisotopic (exact) mass is 808 g/mol. The minimum Gasteiger partial charge on any atom is -0.504 e. The topological polar surface area (TPSA) is 283 Å². The molecule has 2 aromatic rings. The van der Waals surface area contributed by atoms with Crippen LogP contribution in [0.1, 0.15) is 42.2 Å². The lowest BCUT2D eigenvalue weighted by atomic mass is 9.98. The highest BCUT2D eigenvalue weighted by molar-refractivity contribution is 8.00. The number of carbonyl (C=O) groups excluding carboxylic acids is 3. The number of amides is 3. The Morgan fingerprint density at radius 3 is 2.56 bits per heavy atom. The molecule has 5 heterocycles. The molecule has 0 spiro atoms. The number of benzene rings is 1. The second kappa shape index (κ2) is 15.0. The number of hydrogen-bond donors (Lipinski definition) is 7. The van der Waals surface area contributed by atoms with Crippen molar-refractivity contribution < 1.29 is 63.6 Å². The number of fused-ring (bicyclic) bond motifs is 2. The Kier molecular flexibility index (Phi) is 10.7. The maximum Gasteiger partial charge on any atom is 0.352 e. The molecule has 19 nitrogen and oxygen atoms in total. The van der Waals surface area contributed by atoms with E-state index in [-0.39, 0.29) is 39.1 Å². The van der Waals surface area contributed by atoms with Gasteiger partial charge in [0.25, 0.3) is 17.7 Å². The van der Waals surface area contributed by atoms with Gasteiger partial charge >= 0.3 is 17.9 Å². The summed E-state index contributed by atoms with van der Waals surface area (Å²) in [5, 5.41) is 54.7. The molecule has 0 saturated carbocycles. The molecule has 4 aliphatic heterocycles. The van der Waals surface area contributed by atoms with E-state index in [0.29, 0.717) is 36.2 Å². The first-order valence-corrected chi connectivity index (χ1v) is 18.7. The number of carboxylic acids is 3. The molecule has 1 aromatic carbocycles. The van der Waals surface area contributed by atoms with Crippen LogP contribution < -0.4 is 11.1 Å². The van der Waals surface area contributed by atoms with Crippen LogP contribution in [0.5, 0.6) is 11.5 Å². The van der Waals surface area contributed by atoms with Gasteiger partial charge in [0.05, 0.1) is 37.6 Å². The van der Waals surface area contributed by atoms with E-state index in [1.165, 1.54) is 23.2 Å². The highest BCUT2D eigenvalue weighted by atomic mass is 35.5. The van der Waals surface area contributed by atoms with Gasteiger partial charge in [-0.15, -0.1) is 23.1 Å². The number of carbonyl (C=O) groups is 6. The largest absolute Gasteiger partial charge is 0.504 e. The zero-order valence-electron chi connectivity index (χ0n) is 28.4. The number of aromatic hydroxyl groups is 2. The van der Waals surface area contributed by atoms with Crippen LogP contribution in [-0.4, -0.2) is 148 Å². The van der Waals surface area contributed by atoms with E-state index in [2.05, 4.69) is 15.5 Å². The summed E-state index contributed by atoms with van der Waals surface area (Å²) in [7, 11) is 0. The third-order valence-corrected chi connectivity index (χ3v) is 12.4. The van der Waals surface area contributed by atoms with E-state index >= 15 is 0 Å². The van der Waals surface area contributed by atoms with Crippen molar-refractivity contribution in [3.63, 3.8) is 0 Å². The second-order valence-electron chi connectivity index (χ2n) is 13.2. The summed E-state index contributed by atoms with van der Waals surface area (Å²) >= 11 is 8.20. The van der Waals surface area contributed by atoms with E-state index in [9.17, 15) is 49.2 Å². The number of aliphatic carboxylic acids is 3. The molecule has 0 bridgehead atoms. The Balaban J connectivity index is 1.20. The molecule has 0 radical (unpaired) electrons. The van der Waals surface area contributed by atoms with Gasteiger partial charge in [-0.2, -0.15) is 0 Å². The fraction of sp³-hybridized carbons (Fsp3) is 0.438. The number of halogens is 1. The molecule has 8 N–H and O–H groups in total. The Bertz CT molecular complexity index is 1990. The number of quaternary nitrogens is 1. The van der Waals surface area contributed by atoms with Gasteiger partial charge in [0, 0.05) is 34.6 Å². The van der Waals surface area contributed by atoms with Crippen LogP contribution in [0.4, 0.5) is 5.13 Å². The zero-order valence-corrected chi connectivity index (χ0v) is 30.8. The number of nitrogens with one attached hydrogen (secondary N) is 1. The highest BCUT2D eigenvalue weighted by Gasteiger charge is 2.58. The van der Waals surface area contributed by atoms with Crippen molar-refractivity contribution in [1.29, 1.82) is 0 Å². The molecule has 3 saturated heterocycles. The third-order valence-electron chi connectivity index (χ3n) is 10.0. The van der Waals surface area contributed by atoms with Gasteiger partial charge in [-0.1, -0.05) is 16.8 Å². The molecule has 6 rings (SSSR count). The molecular formula is C32H35ClN7O12S2+. The molecule has 0 aliphatic carbocycles. The lowest BCUT2D eigenvalue weighted by Crippen LogP contribution is -2.72. The molecule has 3 amide bonds. The number of phenolic OH excluding ortho intramolecular Hbond substituents is 2. The lowest BCUT2D eigenvalue weighted by molar-refractivity contribution is -0.938. The SMILES string of the molecule is C[C@@H]1S[C@@H]2[C@H](NC(=O)/C(=N\O[C@@H](CC(=O)O)C(=O)O)c3csc(N)n3)C(=O)N2C(C(=O)O)=C1C[N+]12CCC[C@H]1CN(C(=O)c1cc(O)c(O)c(Cl)c1)CC2. The molecule has 1 aromatic heterocycles. The summed E-state index contributed by atoms with van der Waals surface area (Å²) in [5.74, 6) is -7.60. The van der Waals surface area contributed by atoms with Gasteiger partial charge in [0.15, 0.2) is 22.3 Å². The number of hydrogen-bond acceptors (Lipinski definition) is 14. The molecule has 4 aliphatic rings. The van der Waals surface area contributed by atoms with Crippen molar-refractivity contribution in [3.05, 3.63) is 45.1 Å². The van der Waals surface area contributed by atoms with E-state index in [4.69, 9.17) is 27.3 Å². The highest BCUT2D eigenvalue weighted by Crippen LogP contribution is 2.46. The molecular weight excluding hydrogens is 774 g/mol. The summed E-state index contributed by atoms with van der Waals surface area (Å²) in [5.41, 5.74) is 5.48. The Morgan fingerprint density at radius 1 is 1.19 bits per heavy atom. The van der Waals surface area contributed by atoms with Crippen LogP contribution >= 0.6 is 34.7 Å². The van der Waals surface area contributed by atoms with E-state index in [0.717, 1.165) is 41.7 Å². The zero-order chi connectivity index (χ0) is 39.2. The molecule has 1 unspecified atom stereocenters. The van der Waals surface area contributed by atoms with Gasteiger partial charge in [0.2, 0.25) is 6.10 Å². The van der Waals surface area contributed by atoms with Crippen LogP contribution in [0.15, 0.2) is 33.9 Å². The van der Waals surface area contributed by atoms with Crippen molar-refractivity contribution in [3.8, 4) is 11.5 Å². The van der Waals surface area contributed by atoms with Crippen LogP contribution in [-0.2, 0) is 28.8 Å². The number of piperazine rings is 1. The number of rotatable bonds is 12. The Hall–Kier alpha value is -5.12. The van der Waals surface area contributed by atoms with Crippen molar-refractivity contribution in [2.24, 2.45) is 5.16 Å². The van der Waals surface area contributed by atoms with E-state index < -0.39 is 76.1 Å². The van der Waals surface area contributed by atoms with Crippen LogP contribution in [0.2, 0.25) is 5.02 Å². The maximum absolute atomic E-state index is 13.6. The molecule has 22 heteroatoms. The number of anilines is 1. The minimum absolute atomic E-state index is 0.0272. The number of phenols is 2. The average molecular weight is 809 g/mol. The fourth-order valence-corrected chi connectivity index (χ4v) is 9.54. The van der Waals surface area contributed by atoms with Gasteiger partial charge in [-0.05, 0) is 19.1 Å². The number of nitrogen functional groups attached to an aromatic ring is 1. The number of thioether (sulfide) groups is 1. The Labute approximate surface area is 319 Å². The molecule has 54 heavy (non-hydrogen) atoms. The number of aromatic nitrogens is 1. The van der Waals surface area contributed by atoms with Crippen molar-refractivity contribution in [2.75, 3.05) is 38.5 Å². The van der Waals surface area contributed by atoms with Gasteiger partial charge in [-0.25, -0.2) is 14.6 Å². The minimum atomic E-state index is -1.95. The summed E-state index contributed by atoms with van der Waals surface area (Å²) < 4.78 is 0.505. The van der Waals surface area contributed by atoms with Gasteiger partial charge in [0.1, 0.15) is 35.4 Å². The number of nitrogens with zero attached hydrogens (tertiary/aromatic N) is 5. The maximum atomic E-state index is 13.6. The lowest BCUT2D eigenvalue weighted by Gasteiger charge is -2.53. The third kappa shape index (κ3) is 7.22. The first kappa shape index (κ1) is 38.6. The Morgan fingerprint density at radius 2 is 1.93 bits per heavy atom. The van der Waals surface area contributed by atoms with Gasteiger partial charge in [-0.3, -0.25) is 24.1 Å². The predicted octanol–water partition coefficient (Wildman–Crippen LogP) is 0.701. The van der Waals surface area contributed by atoms with Crippen molar-refractivity contribution in [2.45, 2.75) is 55.0 Å². The normalized spacial score (nSPS) is 25.7. The predicted molar refractivity (Wildman–Crippen MR) is 191 cm³/mol. The van der Waals surface area contributed by atoms with Crippen LogP contribution in [0.25, 0.3) is 0 Å². The number of thiazole rings is 1. The molecule has 3 fully saturated rings. The van der Waals surface area contributed by atoms with Crippen LogP contribution in [0.3, 0.4) is 0 Å². The number of β-lactam (4-membered cyclic amide) rings is 1. The summed E-state index contributed by atoms with van der Waals surface area (Å²) in [6.07, 6.45) is -1.32.